The summed E-state index contributed by atoms with van der Waals surface area (Å²) in [5.41, 5.74) is 0.744. The van der Waals surface area contributed by atoms with E-state index in [2.05, 4.69) is 42.3 Å². The van der Waals surface area contributed by atoms with E-state index in [0.29, 0.717) is 27.1 Å². The van der Waals surface area contributed by atoms with Gasteiger partial charge in [0, 0.05) is 11.8 Å². The summed E-state index contributed by atoms with van der Waals surface area (Å²) in [7, 11) is 0. The molecule has 0 bridgehead atoms. The van der Waals surface area contributed by atoms with Crippen molar-refractivity contribution in [2.45, 2.75) is 64.3 Å². The van der Waals surface area contributed by atoms with E-state index in [9.17, 15) is 109 Å². The smallest absolute Gasteiger partial charge is 0.425 e. The SMILES string of the molecule is O=C(OCCc1cccc2ccccc12)C(SOO[O-])(C(F)(F)F)C(F)(F)F.O=C(OCc1cccc2ccccc12)C(SOO[O-])(C(F)(F)F)C(F)(F)F.O=C(Oc1cccc2ccccc12)C(SOO[O-])(C(F)(F)F)C(F)(F)F. The summed E-state index contributed by atoms with van der Waals surface area (Å²) < 4.78 is 244. The van der Waals surface area contributed by atoms with Crippen LogP contribution in [0.1, 0.15) is 11.1 Å². The molecule has 6 rings (SSSR count). The number of fused-ring (bicyclic) bond motifs is 3. The van der Waals surface area contributed by atoms with Crippen molar-refractivity contribution in [2.75, 3.05) is 6.61 Å². The molecule has 0 heterocycles. The zero-order chi connectivity index (χ0) is 60.9. The summed E-state index contributed by atoms with van der Waals surface area (Å²) >= 11 is -4.59. The molecule has 36 heteroatoms. The first-order valence-electron chi connectivity index (χ1n) is 20.9. The van der Waals surface area contributed by atoms with Crippen LogP contribution in [0.15, 0.2) is 127 Å². The third-order valence-electron chi connectivity index (χ3n) is 10.5. The topological polar surface area (TPSA) is 203 Å². The minimum Gasteiger partial charge on any atom is -0.691 e. The van der Waals surface area contributed by atoms with Crippen LogP contribution in [0.4, 0.5) is 79.0 Å². The average Bonchev–Trinajstić information content (AvgIpc) is 3.51. The summed E-state index contributed by atoms with van der Waals surface area (Å²) in [5, 5.41) is 40.1. The number of hydrogen-bond acceptors (Lipinski definition) is 18. The first-order valence-corrected chi connectivity index (χ1v) is 23.2. The highest BCUT2D eigenvalue weighted by molar-refractivity contribution is 7.97. The molecule has 0 saturated heterocycles. The normalized spacial score (nSPS) is 13.0. The van der Waals surface area contributed by atoms with Gasteiger partial charge in [-0.3, -0.25) is 15.1 Å². The maximum atomic E-state index is 13.2. The van der Waals surface area contributed by atoms with Crippen molar-refractivity contribution in [1.29, 1.82) is 0 Å². The third-order valence-corrected chi connectivity index (χ3v) is 13.5. The Morgan fingerprint density at radius 1 is 0.370 bits per heavy atom. The Labute approximate surface area is 452 Å². The number of ether oxygens (including phenoxy) is 3. The summed E-state index contributed by atoms with van der Waals surface area (Å²) in [6.07, 6.45) is -37.3. The van der Waals surface area contributed by atoms with E-state index < -0.39 is 124 Å². The Bertz CT molecular complexity index is 3010. The fraction of sp³-hybridized carbons (Fsp3) is 0.267. The summed E-state index contributed by atoms with van der Waals surface area (Å²) in [6.45, 7) is -1.63. The number of carbonyl (C=O) groups excluding carboxylic acids is 3. The average molecular weight is 1250 g/mol. The molecule has 0 atom stereocenters. The molecule has 0 amide bonds. The van der Waals surface area contributed by atoms with Crippen molar-refractivity contribution in [2.24, 2.45) is 0 Å². The highest BCUT2D eigenvalue weighted by Crippen LogP contribution is 2.56. The molecule has 0 aromatic heterocycles. The van der Waals surface area contributed by atoms with Crippen LogP contribution in [0.2, 0.25) is 0 Å². The maximum absolute atomic E-state index is 13.2. The number of esters is 3. The lowest BCUT2D eigenvalue weighted by atomic mass is 10.0. The monoisotopic (exact) mass is 1250 g/mol. The van der Waals surface area contributed by atoms with Crippen molar-refractivity contribution in [3.05, 3.63) is 139 Å². The third kappa shape index (κ3) is 15.1. The number of alkyl halides is 18. The van der Waals surface area contributed by atoms with Gasteiger partial charge in [-0.25, -0.2) is 14.4 Å². The summed E-state index contributed by atoms with van der Waals surface area (Å²) in [4.78, 5) is 35.6. The highest BCUT2D eigenvalue weighted by Gasteiger charge is 2.81. The van der Waals surface area contributed by atoms with Gasteiger partial charge in [0.05, 0.1) is 42.7 Å². The predicted octanol–water partition coefficient (Wildman–Crippen LogP) is 10.8. The Hall–Kier alpha value is -6.06. The Kier molecular flexibility index (Phi) is 22.8. The van der Waals surface area contributed by atoms with Crippen molar-refractivity contribution in [3.8, 4) is 5.75 Å². The summed E-state index contributed by atoms with van der Waals surface area (Å²) in [5.74, 6) is -8.64. The van der Waals surface area contributed by atoms with Crippen LogP contribution in [0.25, 0.3) is 32.3 Å². The first-order chi connectivity index (χ1) is 37.6. The molecule has 6 aromatic rings. The van der Waals surface area contributed by atoms with Crippen molar-refractivity contribution >= 4 is 86.4 Å². The van der Waals surface area contributed by atoms with E-state index in [4.69, 9.17) is 0 Å². The quantitative estimate of drug-likeness (QED) is 0.0196. The molecule has 0 saturated carbocycles. The van der Waals surface area contributed by atoms with Gasteiger partial charge in [0.15, 0.2) is 0 Å². The van der Waals surface area contributed by atoms with E-state index >= 15 is 0 Å². The van der Waals surface area contributed by atoms with Crippen LogP contribution in [-0.2, 0) is 65.0 Å². The second kappa shape index (κ2) is 27.3. The van der Waals surface area contributed by atoms with Gasteiger partial charge < -0.3 is 30.0 Å². The van der Waals surface area contributed by atoms with Gasteiger partial charge in [0.25, 0.3) is 0 Å². The van der Waals surface area contributed by atoms with E-state index in [-0.39, 0.29) is 17.4 Å². The van der Waals surface area contributed by atoms with Crippen molar-refractivity contribution in [1.82, 2.24) is 0 Å². The molecule has 81 heavy (non-hydrogen) atoms. The maximum Gasteiger partial charge on any atom is 0.425 e. The van der Waals surface area contributed by atoms with Crippen LogP contribution in [0.3, 0.4) is 0 Å². The summed E-state index contributed by atoms with van der Waals surface area (Å²) in [6, 6.07) is 32.6. The second-order valence-corrected chi connectivity index (χ2v) is 18.0. The van der Waals surface area contributed by atoms with Gasteiger partial charge in [-0.05, 0) is 44.1 Å². The molecular weight excluding hydrogens is 1220 g/mol. The molecule has 0 aliphatic rings. The van der Waals surface area contributed by atoms with Gasteiger partial charge in [-0.1, -0.05) is 121 Å². The lowest BCUT2D eigenvalue weighted by Gasteiger charge is -2.32. The lowest BCUT2D eigenvalue weighted by molar-refractivity contribution is -0.777. The molecule has 0 spiro atoms. The number of carbonyl (C=O) groups is 3. The van der Waals surface area contributed by atoms with E-state index in [1.165, 1.54) is 42.5 Å². The fourth-order valence-electron chi connectivity index (χ4n) is 6.74. The van der Waals surface area contributed by atoms with Crippen LogP contribution in [0.5, 0.6) is 5.75 Å². The van der Waals surface area contributed by atoms with Gasteiger partial charge in [0.2, 0.25) is 0 Å². The standard InChI is InChI=1S/C16H12F6O5S.C15H10F6O5S.C14H8F6O5S/c17-15(18,19)14(16(20,21)22,28-27-26-24)13(23)25-9-8-11-6-3-5-10-4-1-2-7-12(10)11;16-14(17,18)13(15(19,20)21,27-26-25-23)12(22)24-8-10-6-3-5-9-4-1-2-7-11(9)10;15-13(16,17)12(14(18,19)20,26-25-24-22)11(21)23-10-7-3-5-8-4-1-2-6-9(8)10/h1-7,24H,8-9H2;1-7,23H,8H2;1-7,22H/p-3. The Morgan fingerprint density at radius 3 is 1.07 bits per heavy atom. The van der Waals surface area contributed by atoms with Gasteiger partial charge in [0.1, 0.15) is 12.4 Å². The Morgan fingerprint density at radius 2 is 0.679 bits per heavy atom. The lowest BCUT2D eigenvalue weighted by Crippen LogP contribution is -2.61. The van der Waals surface area contributed by atoms with Crippen molar-refractivity contribution in [3.63, 3.8) is 0 Å². The Balaban J connectivity index is 0.000000262. The van der Waals surface area contributed by atoms with Crippen molar-refractivity contribution < 1.29 is 152 Å². The van der Waals surface area contributed by atoms with Gasteiger partial charge in [-0.2, -0.15) is 92.0 Å². The molecule has 15 nitrogen and oxygen atoms in total. The number of rotatable bonds is 18. The molecule has 0 aliphatic carbocycles. The van der Waals surface area contributed by atoms with Crippen LogP contribution in [-0.4, -0.2) is 75.8 Å². The van der Waals surface area contributed by atoms with Crippen LogP contribution < -0.4 is 20.5 Å². The second-order valence-electron chi connectivity index (χ2n) is 15.3. The molecule has 0 N–H and O–H groups in total. The minimum atomic E-state index is -6.21. The minimum absolute atomic E-state index is 0.104. The number of halogens is 18. The largest absolute Gasteiger partial charge is 0.691 e. The highest BCUT2D eigenvalue weighted by atomic mass is 32.2. The van der Waals surface area contributed by atoms with Gasteiger partial charge in [-0.15, -0.1) is 0 Å². The first kappa shape index (κ1) is 67.4. The molecular formula is C45H27F18O15S3-3. The predicted molar refractivity (Wildman–Crippen MR) is 236 cm³/mol. The zero-order valence-corrected chi connectivity index (χ0v) is 41.3. The molecule has 444 valence electrons. The van der Waals surface area contributed by atoms with E-state index in [0.717, 1.165) is 11.5 Å². The van der Waals surface area contributed by atoms with Gasteiger partial charge >= 0.3 is 69.2 Å². The molecule has 0 aliphatic heterocycles. The zero-order valence-electron chi connectivity index (χ0n) is 38.9. The molecule has 0 fully saturated rings. The van der Waals surface area contributed by atoms with Crippen LogP contribution in [0, 0.1) is 0 Å². The molecule has 6 aromatic carbocycles. The van der Waals surface area contributed by atoms with E-state index in [1.54, 1.807) is 78.9 Å². The van der Waals surface area contributed by atoms with Crippen LogP contribution >= 0.6 is 36.1 Å². The van der Waals surface area contributed by atoms with E-state index in [1.807, 2.05) is 0 Å². The molecule has 0 radical (unpaired) electrons. The fourth-order valence-corrected chi connectivity index (χ4v) is 8.06. The molecule has 0 unspecified atom stereocenters. The number of benzene rings is 6. The number of hydrogen-bond donors (Lipinski definition) is 0.